The van der Waals surface area contributed by atoms with Crippen molar-refractivity contribution >= 4 is 17.4 Å². The minimum Gasteiger partial charge on any atom is -0.466 e. The van der Waals surface area contributed by atoms with Gasteiger partial charge >= 0.3 is 5.97 Å². The monoisotopic (exact) mass is 222 g/mol. The van der Waals surface area contributed by atoms with E-state index in [4.69, 9.17) is 5.73 Å². The Kier molecular flexibility index (Phi) is 3.60. The van der Waals surface area contributed by atoms with Crippen molar-refractivity contribution in [3.63, 3.8) is 0 Å². The number of benzene rings is 1. The van der Waals surface area contributed by atoms with Crippen molar-refractivity contribution in [2.45, 2.75) is 0 Å². The molecular weight excluding hydrogens is 212 g/mol. The van der Waals surface area contributed by atoms with E-state index >= 15 is 0 Å². The summed E-state index contributed by atoms with van der Waals surface area (Å²) >= 11 is 0. The second-order valence-corrected chi connectivity index (χ2v) is 2.93. The molecule has 0 heterocycles. The standard InChI is InChI=1S/C10H10N2O4/c1-16-10(13)6-9(11)7-3-2-4-8(5-7)12(14)15/h2-6H,11H2,1H3/b9-6-. The number of hydrogen-bond donors (Lipinski definition) is 1. The first-order chi connectivity index (χ1) is 7.54. The molecule has 0 unspecified atom stereocenters. The van der Waals surface area contributed by atoms with Gasteiger partial charge in [-0.25, -0.2) is 4.79 Å². The topological polar surface area (TPSA) is 95.5 Å². The van der Waals surface area contributed by atoms with Crippen molar-refractivity contribution in [1.29, 1.82) is 0 Å². The van der Waals surface area contributed by atoms with Crippen LogP contribution in [0.4, 0.5) is 5.69 Å². The zero-order valence-corrected chi connectivity index (χ0v) is 8.54. The molecule has 0 saturated heterocycles. The highest BCUT2D eigenvalue weighted by Gasteiger charge is 2.07. The molecule has 0 radical (unpaired) electrons. The first-order valence-electron chi connectivity index (χ1n) is 4.34. The largest absolute Gasteiger partial charge is 0.466 e. The predicted molar refractivity (Wildman–Crippen MR) is 57.3 cm³/mol. The Bertz CT molecular complexity index is 454. The molecule has 1 aromatic carbocycles. The van der Waals surface area contributed by atoms with Crippen LogP contribution in [0.2, 0.25) is 0 Å². The SMILES string of the molecule is COC(=O)/C=C(\N)c1cccc([N+](=O)[O-])c1. The van der Waals surface area contributed by atoms with Crippen molar-refractivity contribution in [3.8, 4) is 0 Å². The lowest BCUT2D eigenvalue weighted by molar-refractivity contribution is -0.384. The Labute approximate surface area is 91.5 Å². The average molecular weight is 222 g/mol. The number of methoxy groups -OCH3 is 1. The fourth-order valence-electron chi connectivity index (χ4n) is 1.07. The van der Waals surface area contributed by atoms with E-state index in [1.165, 1.54) is 25.3 Å². The fourth-order valence-corrected chi connectivity index (χ4v) is 1.07. The van der Waals surface area contributed by atoms with Gasteiger partial charge in [-0.05, 0) is 0 Å². The van der Waals surface area contributed by atoms with Gasteiger partial charge in [-0.1, -0.05) is 12.1 Å². The van der Waals surface area contributed by atoms with Crippen LogP contribution in [-0.4, -0.2) is 18.0 Å². The number of nitrogens with two attached hydrogens (primary N) is 1. The maximum atomic E-state index is 10.9. The van der Waals surface area contributed by atoms with E-state index in [1.807, 2.05) is 0 Å². The Balaban J connectivity index is 3.05. The van der Waals surface area contributed by atoms with Gasteiger partial charge in [-0.2, -0.15) is 0 Å². The summed E-state index contributed by atoms with van der Waals surface area (Å²) in [6.45, 7) is 0. The minimum atomic E-state index is -0.607. The Hall–Kier alpha value is -2.37. The summed E-state index contributed by atoms with van der Waals surface area (Å²) in [5, 5.41) is 10.5. The first kappa shape index (κ1) is 11.7. The van der Waals surface area contributed by atoms with Crippen LogP contribution in [0.25, 0.3) is 5.70 Å². The van der Waals surface area contributed by atoms with Crippen molar-refractivity contribution in [3.05, 3.63) is 46.0 Å². The Morgan fingerprint density at radius 1 is 1.56 bits per heavy atom. The number of esters is 1. The number of ether oxygens (including phenoxy) is 1. The summed E-state index contributed by atoms with van der Waals surface area (Å²) in [6, 6.07) is 5.69. The molecule has 0 aliphatic carbocycles. The molecule has 0 aliphatic heterocycles. The van der Waals surface area contributed by atoms with Gasteiger partial charge in [0.1, 0.15) is 0 Å². The zero-order chi connectivity index (χ0) is 12.1. The lowest BCUT2D eigenvalue weighted by Crippen LogP contribution is -2.03. The van der Waals surface area contributed by atoms with Crippen LogP contribution in [-0.2, 0) is 9.53 Å². The predicted octanol–water partition coefficient (Wildman–Crippen LogP) is 1.07. The lowest BCUT2D eigenvalue weighted by Gasteiger charge is -2.00. The summed E-state index contributed by atoms with van der Waals surface area (Å²) in [4.78, 5) is 20.9. The van der Waals surface area contributed by atoms with Crippen LogP contribution in [0.5, 0.6) is 0 Å². The number of rotatable bonds is 3. The Morgan fingerprint density at radius 3 is 2.81 bits per heavy atom. The Morgan fingerprint density at radius 2 is 2.25 bits per heavy atom. The highest BCUT2D eigenvalue weighted by molar-refractivity contribution is 5.90. The van der Waals surface area contributed by atoms with Gasteiger partial charge in [0.25, 0.3) is 5.69 Å². The quantitative estimate of drug-likeness (QED) is 0.357. The van der Waals surface area contributed by atoms with Gasteiger partial charge in [0.05, 0.1) is 12.0 Å². The molecular formula is C10H10N2O4. The van der Waals surface area contributed by atoms with Gasteiger partial charge in [0.15, 0.2) is 0 Å². The van der Waals surface area contributed by atoms with Crippen molar-refractivity contribution < 1.29 is 14.5 Å². The molecule has 0 aromatic heterocycles. The number of carbonyl (C=O) groups is 1. The number of nitrogens with zero attached hydrogens (tertiary/aromatic N) is 1. The van der Waals surface area contributed by atoms with E-state index in [0.717, 1.165) is 6.08 Å². The first-order valence-corrected chi connectivity index (χ1v) is 4.34. The lowest BCUT2D eigenvalue weighted by atomic mass is 10.1. The number of nitro benzene ring substituents is 1. The highest BCUT2D eigenvalue weighted by atomic mass is 16.6. The van der Waals surface area contributed by atoms with E-state index in [1.54, 1.807) is 6.07 Å². The van der Waals surface area contributed by atoms with Crippen LogP contribution in [0, 0.1) is 10.1 Å². The van der Waals surface area contributed by atoms with Gasteiger partial charge in [0, 0.05) is 29.5 Å². The van der Waals surface area contributed by atoms with Gasteiger partial charge in [-0.15, -0.1) is 0 Å². The molecule has 0 bridgehead atoms. The molecule has 1 aromatic rings. The number of nitro groups is 1. The van der Waals surface area contributed by atoms with E-state index in [0.29, 0.717) is 5.56 Å². The smallest absolute Gasteiger partial charge is 0.332 e. The second-order valence-electron chi connectivity index (χ2n) is 2.93. The average Bonchev–Trinajstić information content (AvgIpc) is 2.28. The highest BCUT2D eigenvalue weighted by Crippen LogP contribution is 2.16. The third kappa shape index (κ3) is 2.81. The van der Waals surface area contributed by atoms with Crippen LogP contribution in [0.3, 0.4) is 0 Å². The molecule has 6 heteroatoms. The van der Waals surface area contributed by atoms with Crippen molar-refractivity contribution in [2.75, 3.05) is 7.11 Å². The van der Waals surface area contributed by atoms with Gasteiger partial charge in [0.2, 0.25) is 0 Å². The molecule has 2 N–H and O–H groups in total. The number of carbonyl (C=O) groups excluding carboxylic acids is 1. The molecule has 0 atom stereocenters. The van der Waals surface area contributed by atoms with E-state index in [-0.39, 0.29) is 11.4 Å². The molecule has 16 heavy (non-hydrogen) atoms. The molecule has 0 aliphatic rings. The minimum absolute atomic E-state index is 0.0845. The van der Waals surface area contributed by atoms with Gasteiger partial charge in [-0.3, -0.25) is 10.1 Å². The van der Waals surface area contributed by atoms with Crippen LogP contribution in [0.15, 0.2) is 30.3 Å². The summed E-state index contributed by atoms with van der Waals surface area (Å²) < 4.78 is 4.39. The zero-order valence-electron chi connectivity index (χ0n) is 8.54. The third-order valence-corrected chi connectivity index (χ3v) is 1.86. The number of non-ortho nitro benzene ring substituents is 1. The second kappa shape index (κ2) is 4.92. The third-order valence-electron chi connectivity index (χ3n) is 1.86. The summed E-state index contributed by atoms with van der Waals surface area (Å²) in [5.74, 6) is -0.607. The fraction of sp³-hybridized carbons (Fsp3) is 0.100. The molecule has 0 amide bonds. The summed E-state index contributed by atoms with van der Waals surface area (Å²) in [7, 11) is 1.22. The normalized spacial score (nSPS) is 10.9. The molecule has 0 fully saturated rings. The van der Waals surface area contributed by atoms with E-state index < -0.39 is 10.9 Å². The molecule has 0 spiro atoms. The van der Waals surface area contributed by atoms with Crippen molar-refractivity contribution in [1.82, 2.24) is 0 Å². The van der Waals surface area contributed by atoms with Gasteiger partial charge < -0.3 is 10.5 Å². The maximum absolute atomic E-state index is 10.9. The summed E-state index contributed by atoms with van der Waals surface area (Å²) in [6.07, 6.45) is 1.07. The summed E-state index contributed by atoms with van der Waals surface area (Å²) in [5.41, 5.74) is 6.02. The van der Waals surface area contributed by atoms with E-state index in [2.05, 4.69) is 4.74 Å². The van der Waals surface area contributed by atoms with E-state index in [9.17, 15) is 14.9 Å². The molecule has 1 rings (SSSR count). The van der Waals surface area contributed by atoms with Crippen LogP contribution < -0.4 is 5.73 Å². The number of hydrogen-bond acceptors (Lipinski definition) is 5. The molecule has 0 saturated carbocycles. The molecule has 84 valence electrons. The maximum Gasteiger partial charge on any atom is 0.332 e. The van der Waals surface area contributed by atoms with Crippen LogP contribution >= 0.6 is 0 Å². The molecule has 6 nitrogen and oxygen atoms in total. The van der Waals surface area contributed by atoms with Crippen LogP contribution in [0.1, 0.15) is 5.56 Å². The van der Waals surface area contributed by atoms with Crippen molar-refractivity contribution in [2.24, 2.45) is 5.73 Å².